The molecular formula is C16H21NO3. The first-order valence-corrected chi connectivity index (χ1v) is 7.39. The van der Waals surface area contributed by atoms with E-state index in [4.69, 9.17) is 4.74 Å². The van der Waals surface area contributed by atoms with Crippen LogP contribution in [-0.2, 0) is 16.0 Å². The van der Waals surface area contributed by atoms with Crippen LogP contribution in [0.5, 0.6) is 0 Å². The second-order valence-electron chi connectivity index (χ2n) is 5.65. The molecule has 2 atom stereocenters. The lowest BCUT2D eigenvalue weighted by Crippen LogP contribution is -2.42. The smallest absolute Gasteiger partial charge is 0.225 e. The molecule has 1 N–H and O–H groups in total. The largest absolute Gasteiger partial charge is 0.391 e. The zero-order chi connectivity index (χ0) is 13.9. The molecule has 0 spiro atoms. The van der Waals surface area contributed by atoms with Gasteiger partial charge in [0.25, 0.3) is 0 Å². The number of aliphatic hydroxyl groups is 1. The summed E-state index contributed by atoms with van der Waals surface area (Å²) >= 11 is 0. The molecule has 2 aliphatic rings. The highest BCUT2D eigenvalue weighted by atomic mass is 16.5. The van der Waals surface area contributed by atoms with E-state index in [1.165, 1.54) is 5.56 Å². The third-order valence-electron chi connectivity index (χ3n) is 4.20. The zero-order valence-electron chi connectivity index (χ0n) is 11.6. The highest BCUT2D eigenvalue weighted by Gasteiger charge is 2.27. The topological polar surface area (TPSA) is 49.8 Å². The van der Waals surface area contributed by atoms with Gasteiger partial charge in [0, 0.05) is 13.1 Å². The van der Waals surface area contributed by atoms with Crippen LogP contribution in [0.4, 0.5) is 0 Å². The average Bonchev–Trinajstić information content (AvgIpc) is 2.47. The maximum Gasteiger partial charge on any atom is 0.225 e. The number of rotatable bonds is 2. The number of fused-ring (bicyclic) bond motifs is 1. The standard InChI is InChI=1S/C16H21NO3/c18-13-5-3-8-17(11-13)16(19)10-15-14-6-2-1-4-12(14)7-9-20-15/h1-2,4,6,13,15,18H,3,5,7-11H2. The van der Waals surface area contributed by atoms with E-state index in [0.29, 0.717) is 19.6 Å². The van der Waals surface area contributed by atoms with Gasteiger partial charge in [-0.1, -0.05) is 24.3 Å². The van der Waals surface area contributed by atoms with Crippen molar-refractivity contribution in [3.05, 3.63) is 35.4 Å². The number of ether oxygens (including phenoxy) is 1. The predicted octanol–water partition coefficient (Wildman–Crippen LogP) is 1.67. The Hall–Kier alpha value is -1.39. The van der Waals surface area contributed by atoms with Crippen LogP contribution < -0.4 is 0 Å². The fourth-order valence-electron chi connectivity index (χ4n) is 3.11. The van der Waals surface area contributed by atoms with E-state index in [-0.39, 0.29) is 18.1 Å². The molecule has 0 radical (unpaired) electrons. The van der Waals surface area contributed by atoms with Crippen LogP contribution in [0.3, 0.4) is 0 Å². The molecule has 1 amide bonds. The number of carbonyl (C=O) groups excluding carboxylic acids is 1. The van der Waals surface area contributed by atoms with Crippen LogP contribution in [0.1, 0.15) is 36.5 Å². The fraction of sp³-hybridized carbons (Fsp3) is 0.562. The molecule has 4 nitrogen and oxygen atoms in total. The van der Waals surface area contributed by atoms with Crippen LogP contribution in [0.2, 0.25) is 0 Å². The van der Waals surface area contributed by atoms with E-state index >= 15 is 0 Å². The lowest BCUT2D eigenvalue weighted by Gasteiger charge is -2.32. The SMILES string of the molecule is O=C(CC1OCCc2ccccc21)N1CCCC(O)C1. The average molecular weight is 275 g/mol. The molecule has 4 heteroatoms. The highest BCUT2D eigenvalue weighted by Crippen LogP contribution is 2.30. The molecule has 0 aliphatic carbocycles. The van der Waals surface area contributed by atoms with Gasteiger partial charge in [-0.2, -0.15) is 0 Å². The highest BCUT2D eigenvalue weighted by molar-refractivity contribution is 5.77. The minimum absolute atomic E-state index is 0.0884. The van der Waals surface area contributed by atoms with E-state index in [9.17, 15) is 9.90 Å². The number of β-amino-alcohol motifs (C(OH)–C–C–N with tert-alkyl or cyclic N) is 1. The molecule has 1 aromatic rings. The first-order chi connectivity index (χ1) is 9.74. The molecule has 1 fully saturated rings. The van der Waals surface area contributed by atoms with Gasteiger partial charge >= 0.3 is 0 Å². The van der Waals surface area contributed by atoms with Gasteiger partial charge < -0.3 is 14.7 Å². The van der Waals surface area contributed by atoms with Crippen molar-refractivity contribution >= 4 is 5.91 Å². The maximum atomic E-state index is 12.4. The summed E-state index contributed by atoms with van der Waals surface area (Å²) in [6.07, 6.45) is 2.48. The Morgan fingerprint density at radius 1 is 1.40 bits per heavy atom. The van der Waals surface area contributed by atoms with Crippen LogP contribution in [0.15, 0.2) is 24.3 Å². The molecule has 1 aromatic carbocycles. The molecule has 2 aliphatic heterocycles. The minimum atomic E-state index is -0.368. The Bertz CT molecular complexity index is 488. The van der Waals surface area contributed by atoms with Gasteiger partial charge in [-0.3, -0.25) is 4.79 Å². The summed E-state index contributed by atoms with van der Waals surface area (Å²) in [5.74, 6) is 0.0884. The van der Waals surface area contributed by atoms with E-state index < -0.39 is 0 Å². The summed E-state index contributed by atoms with van der Waals surface area (Å²) in [4.78, 5) is 14.1. The number of carbonyl (C=O) groups is 1. The molecule has 0 aromatic heterocycles. The number of likely N-dealkylation sites (tertiary alicyclic amines) is 1. The zero-order valence-corrected chi connectivity index (χ0v) is 11.6. The number of amides is 1. The van der Waals surface area contributed by atoms with Crippen LogP contribution in [-0.4, -0.2) is 41.7 Å². The van der Waals surface area contributed by atoms with Gasteiger partial charge in [0.05, 0.1) is 25.2 Å². The van der Waals surface area contributed by atoms with Crippen molar-refractivity contribution in [2.75, 3.05) is 19.7 Å². The van der Waals surface area contributed by atoms with Crippen LogP contribution in [0.25, 0.3) is 0 Å². The Balaban J connectivity index is 1.68. The van der Waals surface area contributed by atoms with Gasteiger partial charge in [0.15, 0.2) is 0 Å². The van der Waals surface area contributed by atoms with Crippen molar-refractivity contribution in [2.45, 2.75) is 37.9 Å². The van der Waals surface area contributed by atoms with Crippen molar-refractivity contribution < 1.29 is 14.6 Å². The monoisotopic (exact) mass is 275 g/mol. The van der Waals surface area contributed by atoms with Gasteiger partial charge in [0.2, 0.25) is 5.91 Å². The normalized spacial score (nSPS) is 26.1. The number of benzene rings is 1. The summed E-state index contributed by atoms with van der Waals surface area (Å²) in [6.45, 7) is 1.90. The Morgan fingerprint density at radius 2 is 2.25 bits per heavy atom. The molecule has 2 unspecified atom stereocenters. The second kappa shape index (κ2) is 5.94. The Kier molecular flexibility index (Phi) is 4.03. The quantitative estimate of drug-likeness (QED) is 0.893. The van der Waals surface area contributed by atoms with Crippen molar-refractivity contribution in [2.24, 2.45) is 0 Å². The van der Waals surface area contributed by atoms with Crippen molar-refractivity contribution in [1.29, 1.82) is 0 Å². The number of hydrogen-bond donors (Lipinski definition) is 1. The van der Waals surface area contributed by atoms with Crippen LogP contribution >= 0.6 is 0 Å². The number of nitrogens with zero attached hydrogens (tertiary/aromatic N) is 1. The summed E-state index contributed by atoms with van der Waals surface area (Å²) in [5, 5.41) is 9.67. The second-order valence-corrected chi connectivity index (χ2v) is 5.65. The molecule has 3 rings (SSSR count). The van der Waals surface area contributed by atoms with E-state index in [1.807, 2.05) is 12.1 Å². The van der Waals surface area contributed by atoms with Crippen molar-refractivity contribution in [1.82, 2.24) is 4.90 Å². The molecule has 1 saturated heterocycles. The molecular weight excluding hydrogens is 254 g/mol. The summed E-state index contributed by atoms with van der Waals surface area (Å²) in [7, 11) is 0. The lowest BCUT2D eigenvalue weighted by atomic mass is 9.95. The van der Waals surface area contributed by atoms with Gasteiger partial charge in [0.1, 0.15) is 0 Å². The lowest BCUT2D eigenvalue weighted by molar-refractivity contribution is -0.137. The molecule has 20 heavy (non-hydrogen) atoms. The molecule has 108 valence electrons. The predicted molar refractivity (Wildman–Crippen MR) is 75.3 cm³/mol. The Morgan fingerprint density at radius 3 is 3.10 bits per heavy atom. The summed E-state index contributed by atoms with van der Waals surface area (Å²) < 4.78 is 5.78. The number of piperidine rings is 1. The van der Waals surface area contributed by atoms with E-state index in [0.717, 1.165) is 31.4 Å². The van der Waals surface area contributed by atoms with Crippen molar-refractivity contribution in [3.8, 4) is 0 Å². The van der Waals surface area contributed by atoms with Gasteiger partial charge in [-0.05, 0) is 30.4 Å². The first-order valence-electron chi connectivity index (χ1n) is 7.39. The molecule has 0 bridgehead atoms. The third kappa shape index (κ3) is 2.86. The van der Waals surface area contributed by atoms with Crippen LogP contribution in [0, 0.1) is 0 Å². The molecule has 0 saturated carbocycles. The number of aliphatic hydroxyl groups excluding tert-OH is 1. The Labute approximate surface area is 119 Å². The minimum Gasteiger partial charge on any atom is -0.391 e. The van der Waals surface area contributed by atoms with E-state index in [1.54, 1.807) is 4.90 Å². The van der Waals surface area contributed by atoms with Gasteiger partial charge in [-0.15, -0.1) is 0 Å². The third-order valence-corrected chi connectivity index (χ3v) is 4.20. The summed E-state index contributed by atoms with van der Waals surface area (Å²) in [6, 6.07) is 8.19. The number of hydrogen-bond acceptors (Lipinski definition) is 3. The molecule has 2 heterocycles. The van der Waals surface area contributed by atoms with E-state index in [2.05, 4.69) is 12.1 Å². The fourth-order valence-corrected chi connectivity index (χ4v) is 3.11. The summed E-state index contributed by atoms with van der Waals surface area (Å²) in [5.41, 5.74) is 2.43. The van der Waals surface area contributed by atoms with Gasteiger partial charge in [-0.25, -0.2) is 0 Å². The first kappa shape index (κ1) is 13.6. The van der Waals surface area contributed by atoms with Crippen molar-refractivity contribution in [3.63, 3.8) is 0 Å². The maximum absolute atomic E-state index is 12.4.